The Morgan fingerprint density at radius 3 is 1.75 bits per heavy atom. The van der Waals surface area contributed by atoms with Crippen molar-refractivity contribution in [3.8, 4) is 0 Å². The maximum absolute atomic E-state index is 8.10. The van der Waals surface area contributed by atoms with Crippen molar-refractivity contribution in [1.82, 2.24) is 0 Å². The summed E-state index contributed by atoms with van der Waals surface area (Å²) in [6.45, 7) is 4.22. The van der Waals surface area contributed by atoms with Crippen LogP contribution in [0.2, 0.25) is 0 Å². The summed E-state index contributed by atoms with van der Waals surface area (Å²) in [5.74, 6) is 0. The van der Waals surface area contributed by atoms with Gasteiger partial charge in [-0.25, -0.2) is 0 Å². The monoisotopic (exact) mass is 268 g/mol. The van der Waals surface area contributed by atoms with Gasteiger partial charge in [0.1, 0.15) is 0 Å². The first-order valence-corrected chi connectivity index (χ1v) is 6.68. The fourth-order valence-electron chi connectivity index (χ4n) is 1.60. The number of aryl methyl sites for hydroxylation is 2. The van der Waals surface area contributed by atoms with Gasteiger partial charge in [-0.2, -0.15) is 0 Å². The minimum atomic E-state index is 0.671. The number of hydrogen-bond donors (Lipinski definition) is 1. The molecule has 0 saturated heterocycles. The van der Waals surface area contributed by atoms with Gasteiger partial charge in [-0.15, -0.1) is 0 Å². The third-order valence-electron chi connectivity index (χ3n) is 2.89. The number of benzene rings is 2. The van der Waals surface area contributed by atoms with E-state index in [9.17, 15) is 0 Å². The van der Waals surface area contributed by atoms with E-state index in [4.69, 9.17) is 11.3 Å². The minimum absolute atomic E-state index is 0.671. The van der Waals surface area contributed by atoms with Crippen LogP contribution < -0.4 is 5.73 Å². The molecule has 0 aliphatic heterocycles. The number of nitrogens with two attached hydrogens (primary N) is 1. The molecule has 4 heteroatoms. The predicted octanol–water partition coefficient (Wildman–Crippen LogP) is 5.02. The first-order valence-electron chi connectivity index (χ1n) is 6.68. The van der Waals surface area contributed by atoms with Crippen molar-refractivity contribution in [1.29, 1.82) is 0 Å². The molecule has 0 aliphatic carbocycles. The lowest BCUT2D eigenvalue weighted by Crippen LogP contribution is -1.84. The van der Waals surface area contributed by atoms with E-state index >= 15 is 0 Å². The molecule has 0 aliphatic rings. The van der Waals surface area contributed by atoms with Crippen LogP contribution in [0.25, 0.3) is 10.4 Å². The first-order chi connectivity index (χ1) is 9.69. The van der Waals surface area contributed by atoms with Crippen molar-refractivity contribution >= 4 is 11.4 Å². The number of azide groups is 1. The second-order valence-corrected chi connectivity index (χ2v) is 4.30. The molecule has 2 aromatic carbocycles. The second-order valence-electron chi connectivity index (χ2n) is 4.30. The molecule has 2 rings (SSSR count). The van der Waals surface area contributed by atoms with Crippen LogP contribution in [0.3, 0.4) is 0 Å². The molecule has 0 aromatic heterocycles. The van der Waals surface area contributed by atoms with Crippen LogP contribution in [0, 0.1) is 0 Å². The van der Waals surface area contributed by atoms with Gasteiger partial charge in [0, 0.05) is 16.3 Å². The molecule has 104 valence electrons. The lowest BCUT2D eigenvalue weighted by atomic mass is 10.2. The van der Waals surface area contributed by atoms with Crippen molar-refractivity contribution in [2.75, 3.05) is 5.73 Å². The van der Waals surface area contributed by atoms with Gasteiger partial charge in [-0.3, -0.25) is 0 Å². The number of rotatable bonds is 3. The molecule has 2 aromatic rings. The zero-order chi connectivity index (χ0) is 14.8. The molecule has 0 radical (unpaired) electrons. The van der Waals surface area contributed by atoms with E-state index in [1.165, 1.54) is 11.1 Å². The molecule has 0 atom stereocenters. The van der Waals surface area contributed by atoms with Crippen LogP contribution in [0.1, 0.15) is 25.0 Å². The Morgan fingerprint density at radius 1 is 0.900 bits per heavy atom. The highest BCUT2D eigenvalue weighted by Crippen LogP contribution is 2.12. The fourth-order valence-corrected chi connectivity index (χ4v) is 1.60. The average molecular weight is 268 g/mol. The summed E-state index contributed by atoms with van der Waals surface area (Å²) in [7, 11) is 0. The molecule has 0 unspecified atom stereocenters. The van der Waals surface area contributed by atoms with E-state index in [0.29, 0.717) is 5.69 Å². The maximum atomic E-state index is 8.10. The van der Waals surface area contributed by atoms with E-state index in [1.54, 1.807) is 0 Å². The Balaban J connectivity index is 0.000000204. The molecule has 20 heavy (non-hydrogen) atoms. The lowest BCUT2D eigenvalue weighted by Gasteiger charge is -1.94. The van der Waals surface area contributed by atoms with Crippen molar-refractivity contribution in [2.45, 2.75) is 26.7 Å². The topological polar surface area (TPSA) is 74.8 Å². The summed E-state index contributed by atoms with van der Waals surface area (Å²) in [5.41, 5.74) is 17.7. The Morgan fingerprint density at radius 2 is 1.35 bits per heavy atom. The molecular weight excluding hydrogens is 248 g/mol. The third-order valence-corrected chi connectivity index (χ3v) is 2.89. The van der Waals surface area contributed by atoms with Gasteiger partial charge in [0.25, 0.3) is 0 Å². The summed E-state index contributed by atoms with van der Waals surface area (Å²) in [5, 5.41) is 3.46. The Bertz CT molecular complexity index is 552. The molecule has 0 spiro atoms. The van der Waals surface area contributed by atoms with Crippen LogP contribution >= 0.6 is 0 Å². The maximum Gasteiger partial charge on any atom is 0.0375 e. The summed E-state index contributed by atoms with van der Waals surface area (Å²) in [6, 6.07) is 15.5. The van der Waals surface area contributed by atoms with Crippen LogP contribution in [0.15, 0.2) is 53.6 Å². The molecule has 4 nitrogen and oxygen atoms in total. The van der Waals surface area contributed by atoms with Gasteiger partial charge in [0.15, 0.2) is 0 Å². The van der Waals surface area contributed by atoms with Crippen molar-refractivity contribution in [2.24, 2.45) is 5.11 Å². The molecule has 0 amide bonds. The van der Waals surface area contributed by atoms with Gasteiger partial charge in [-0.05, 0) is 41.6 Å². The molecule has 2 N–H and O–H groups in total. The van der Waals surface area contributed by atoms with Gasteiger partial charge < -0.3 is 5.73 Å². The van der Waals surface area contributed by atoms with Crippen molar-refractivity contribution in [3.63, 3.8) is 0 Å². The Hall–Kier alpha value is -2.45. The van der Waals surface area contributed by atoms with E-state index in [0.717, 1.165) is 18.5 Å². The minimum Gasteiger partial charge on any atom is -0.399 e. The van der Waals surface area contributed by atoms with Gasteiger partial charge in [-0.1, -0.05) is 55.4 Å². The van der Waals surface area contributed by atoms with E-state index in [2.05, 4.69) is 36.0 Å². The zero-order valence-electron chi connectivity index (χ0n) is 12.0. The van der Waals surface area contributed by atoms with E-state index in [1.807, 2.05) is 36.4 Å². The number of nitrogen functional groups attached to an aromatic ring is 1. The van der Waals surface area contributed by atoms with Gasteiger partial charge in [0.05, 0.1) is 0 Å². The highest BCUT2D eigenvalue weighted by Gasteiger charge is 1.88. The Labute approximate surface area is 119 Å². The van der Waals surface area contributed by atoms with Crippen molar-refractivity contribution in [3.05, 3.63) is 70.1 Å². The second kappa shape index (κ2) is 8.62. The SMILES string of the molecule is CCc1ccc(N)cc1.CCc1ccc(N=[N+]=[N-])cc1. The molecule has 0 bridgehead atoms. The van der Waals surface area contributed by atoms with Crippen LogP contribution in [0.4, 0.5) is 11.4 Å². The number of anilines is 1. The fraction of sp³-hybridized carbons (Fsp3) is 0.250. The van der Waals surface area contributed by atoms with Gasteiger partial charge >= 0.3 is 0 Å². The summed E-state index contributed by atoms with van der Waals surface area (Å²) in [4.78, 5) is 2.69. The highest BCUT2D eigenvalue weighted by molar-refractivity contribution is 5.39. The standard InChI is InChI=1S/C8H9N3.C8H11N/c1-2-7-3-5-8(6-4-7)10-11-9;1-2-7-3-5-8(9)6-4-7/h3-6H,2H2,1H3;3-6H,2,9H2,1H3. The zero-order valence-corrected chi connectivity index (χ0v) is 12.0. The average Bonchev–Trinajstić information content (AvgIpc) is 2.50. The van der Waals surface area contributed by atoms with Crippen LogP contribution in [-0.2, 0) is 12.8 Å². The van der Waals surface area contributed by atoms with E-state index < -0.39 is 0 Å². The normalized spacial score (nSPS) is 9.10. The Kier molecular flexibility index (Phi) is 6.72. The summed E-state index contributed by atoms with van der Waals surface area (Å²) >= 11 is 0. The van der Waals surface area contributed by atoms with Crippen LogP contribution in [0.5, 0.6) is 0 Å². The molecule has 0 saturated carbocycles. The summed E-state index contributed by atoms with van der Waals surface area (Å²) < 4.78 is 0. The number of hydrogen-bond acceptors (Lipinski definition) is 2. The summed E-state index contributed by atoms with van der Waals surface area (Å²) in [6.07, 6.45) is 2.09. The molecule has 0 fully saturated rings. The molecular formula is C16H20N4. The van der Waals surface area contributed by atoms with E-state index in [-0.39, 0.29) is 0 Å². The number of nitrogens with zero attached hydrogens (tertiary/aromatic N) is 3. The smallest absolute Gasteiger partial charge is 0.0375 e. The van der Waals surface area contributed by atoms with Crippen molar-refractivity contribution < 1.29 is 0 Å². The predicted molar refractivity (Wildman–Crippen MR) is 84.9 cm³/mol. The lowest BCUT2D eigenvalue weighted by molar-refractivity contribution is 1.14. The quantitative estimate of drug-likeness (QED) is 0.361. The third kappa shape index (κ3) is 5.46. The van der Waals surface area contributed by atoms with Crippen LogP contribution in [-0.4, -0.2) is 0 Å². The highest BCUT2D eigenvalue weighted by atomic mass is 15.1. The molecule has 0 heterocycles. The van der Waals surface area contributed by atoms with Gasteiger partial charge in [0.2, 0.25) is 0 Å². The largest absolute Gasteiger partial charge is 0.399 e. The first kappa shape index (κ1) is 15.6.